The van der Waals surface area contributed by atoms with E-state index in [1.807, 2.05) is 0 Å². The van der Waals surface area contributed by atoms with E-state index >= 15 is 0 Å². The van der Waals surface area contributed by atoms with Gasteiger partial charge in [-0.25, -0.2) is 19.4 Å². The Balaban J connectivity index is 3.45. The molecule has 0 heterocycles. The third kappa shape index (κ3) is 14.7. The Morgan fingerprint density at radius 3 is 1.87 bits per heavy atom. The van der Waals surface area contributed by atoms with E-state index in [4.69, 9.17) is 0 Å². The fourth-order valence-electron chi connectivity index (χ4n) is 2.26. The molecule has 136 valence electrons. The molecule has 0 fully saturated rings. The van der Waals surface area contributed by atoms with Crippen LogP contribution in [0.15, 0.2) is 0 Å². The topological polar surface area (TPSA) is 52.6 Å². The van der Waals surface area contributed by atoms with Gasteiger partial charge >= 0.3 is 11.9 Å². The summed E-state index contributed by atoms with van der Waals surface area (Å²) in [4.78, 5) is 31.7. The van der Waals surface area contributed by atoms with Crippen molar-refractivity contribution in [2.75, 3.05) is 0 Å². The fraction of sp³-hybridized carbons (Fsp3) is 0.889. The van der Waals surface area contributed by atoms with Gasteiger partial charge in [-0.15, -0.1) is 0 Å². The zero-order chi connectivity index (χ0) is 17.3. The molecular formula is C18H33BrO4. The van der Waals surface area contributed by atoms with Crippen LogP contribution in [0.4, 0.5) is 0 Å². The van der Waals surface area contributed by atoms with Gasteiger partial charge in [-0.05, 0) is 12.8 Å². The third-order valence-corrected chi connectivity index (χ3v) is 4.60. The molecule has 0 saturated heterocycles. The summed E-state index contributed by atoms with van der Waals surface area (Å²) in [6, 6.07) is 0. The largest absolute Gasteiger partial charge is 0.369 e. The Labute approximate surface area is 149 Å². The number of alkyl halides is 1. The first-order valence-corrected chi connectivity index (χ1v) is 10.1. The van der Waals surface area contributed by atoms with Crippen LogP contribution < -0.4 is 0 Å². The standard InChI is InChI=1S/C18H33BrO4/c1-3-5-7-8-9-10-11-12-13-15-17(20)22-23-18(21)16(19)14-6-4-2/h16H,3-15H2,1-2H3. The predicted octanol–water partition coefficient (Wildman–Crippen LogP) is 5.86. The average molecular weight is 393 g/mol. The van der Waals surface area contributed by atoms with Crippen molar-refractivity contribution in [3.8, 4) is 0 Å². The van der Waals surface area contributed by atoms with E-state index in [-0.39, 0.29) is 0 Å². The van der Waals surface area contributed by atoms with Gasteiger partial charge in [0.25, 0.3) is 0 Å². The molecule has 4 nitrogen and oxygen atoms in total. The Bertz CT molecular complexity index is 307. The van der Waals surface area contributed by atoms with Crippen molar-refractivity contribution in [3.05, 3.63) is 0 Å². The molecule has 0 aromatic heterocycles. The van der Waals surface area contributed by atoms with Crippen LogP contribution in [0.1, 0.15) is 97.3 Å². The second-order valence-corrected chi connectivity index (χ2v) is 7.15. The lowest BCUT2D eigenvalue weighted by Gasteiger charge is -2.07. The molecule has 0 aliphatic rings. The number of hydrogen-bond acceptors (Lipinski definition) is 4. The van der Waals surface area contributed by atoms with Crippen LogP contribution in [-0.4, -0.2) is 16.8 Å². The maximum atomic E-state index is 11.5. The van der Waals surface area contributed by atoms with E-state index in [0.717, 1.165) is 32.1 Å². The lowest BCUT2D eigenvalue weighted by Crippen LogP contribution is -2.19. The Hall–Kier alpha value is -0.580. The van der Waals surface area contributed by atoms with Crippen molar-refractivity contribution in [1.29, 1.82) is 0 Å². The van der Waals surface area contributed by atoms with Crippen LogP contribution in [0.5, 0.6) is 0 Å². The molecule has 0 aliphatic carbocycles. The molecule has 0 saturated carbocycles. The van der Waals surface area contributed by atoms with Crippen LogP contribution in [0.2, 0.25) is 0 Å². The zero-order valence-electron chi connectivity index (χ0n) is 14.8. The van der Waals surface area contributed by atoms with Crippen molar-refractivity contribution in [2.24, 2.45) is 0 Å². The predicted molar refractivity (Wildman–Crippen MR) is 96.3 cm³/mol. The van der Waals surface area contributed by atoms with E-state index in [1.54, 1.807) is 0 Å². The summed E-state index contributed by atoms with van der Waals surface area (Å²) in [5.74, 6) is -0.990. The molecule has 0 aromatic rings. The maximum absolute atomic E-state index is 11.5. The zero-order valence-corrected chi connectivity index (χ0v) is 16.4. The molecule has 0 rings (SSSR count). The fourth-order valence-corrected chi connectivity index (χ4v) is 2.66. The minimum atomic E-state index is -0.529. The Morgan fingerprint density at radius 1 is 0.783 bits per heavy atom. The van der Waals surface area contributed by atoms with E-state index < -0.39 is 16.8 Å². The first-order valence-electron chi connectivity index (χ1n) is 9.17. The molecule has 0 aromatic carbocycles. The first kappa shape index (κ1) is 22.4. The van der Waals surface area contributed by atoms with Crippen molar-refractivity contribution in [2.45, 2.75) is 102 Å². The summed E-state index contributed by atoms with van der Waals surface area (Å²) in [7, 11) is 0. The van der Waals surface area contributed by atoms with Crippen LogP contribution in [0.3, 0.4) is 0 Å². The molecule has 1 unspecified atom stereocenters. The number of unbranched alkanes of at least 4 members (excludes halogenated alkanes) is 9. The van der Waals surface area contributed by atoms with Crippen molar-refractivity contribution >= 4 is 27.9 Å². The Kier molecular flexibility index (Phi) is 15.9. The maximum Gasteiger partial charge on any atom is 0.369 e. The SMILES string of the molecule is CCCCCCCCCCCC(=O)OOC(=O)C(Br)CCCC. The van der Waals surface area contributed by atoms with Gasteiger partial charge in [-0.1, -0.05) is 94.0 Å². The van der Waals surface area contributed by atoms with E-state index in [2.05, 4.69) is 39.6 Å². The summed E-state index contributed by atoms with van der Waals surface area (Å²) in [6.07, 6.45) is 13.7. The van der Waals surface area contributed by atoms with E-state index in [1.165, 1.54) is 38.5 Å². The molecular weight excluding hydrogens is 360 g/mol. The van der Waals surface area contributed by atoms with E-state index in [0.29, 0.717) is 12.8 Å². The number of halogens is 1. The molecule has 23 heavy (non-hydrogen) atoms. The molecule has 0 amide bonds. The minimum absolute atomic E-state index is 0.311. The van der Waals surface area contributed by atoms with Crippen LogP contribution >= 0.6 is 15.9 Å². The van der Waals surface area contributed by atoms with Gasteiger partial charge < -0.3 is 0 Å². The van der Waals surface area contributed by atoms with Gasteiger partial charge in [0.1, 0.15) is 4.83 Å². The molecule has 0 radical (unpaired) electrons. The highest BCUT2D eigenvalue weighted by Gasteiger charge is 2.18. The Morgan fingerprint density at radius 2 is 1.30 bits per heavy atom. The minimum Gasteiger partial charge on any atom is -0.247 e. The van der Waals surface area contributed by atoms with Crippen molar-refractivity contribution in [1.82, 2.24) is 0 Å². The number of carbonyl (C=O) groups is 2. The summed E-state index contributed by atoms with van der Waals surface area (Å²) in [6.45, 7) is 4.27. The second-order valence-electron chi connectivity index (χ2n) is 6.05. The third-order valence-electron chi connectivity index (χ3n) is 3.77. The second kappa shape index (κ2) is 16.3. The molecule has 0 aliphatic heterocycles. The number of hydrogen-bond donors (Lipinski definition) is 0. The van der Waals surface area contributed by atoms with Crippen LogP contribution in [0, 0.1) is 0 Å². The number of carbonyl (C=O) groups excluding carboxylic acids is 2. The van der Waals surface area contributed by atoms with Crippen LogP contribution in [0.25, 0.3) is 0 Å². The van der Waals surface area contributed by atoms with E-state index in [9.17, 15) is 9.59 Å². The quantitative estimate of drug-likeness (QED) is 0.160. The summed E-state index contributed by atoms with van der Waals surface area (Å²) in [5.41, 5.74) is 0. The van der Waals surface area contributed by atoms with Gasteiger partial charge in [0.15, 0.2) is 0 Å². The smallest absolute Gasteiger partial charge is 0.247 e. The molecule has 0 spiro atoms. The molecule has 1 atom stereocenters. The van der Waals surface area contributed by atoms with Crippen molar-refractivity contribution < 1.29 is 19.4 Å². The highest BCUT2D eigenvalue weighted by Crippen LogP contribution is 2.13. The highest BCUT2D eigenvalue weighted by molar-refractivity contribution is 9.10. The number of rotatable bonds is 14. The summed E-state index contributed by atoms with van der Waals surface area (Å²) < 4.78 is 0. The van der Waals surface area contributed by atoms with Crippen molar-refractivity contribution in [3.63, 3.8) is 0 Å². The highest BCUT2D eigenvalue weighted by atomic mass is 79.9. The lowest BCUT2D eigenvalue weighted by atomic mass is 10.1. The first-order chi connectivity index (χ1) is 11.1. The van der Waals surface area contributed by atoms with Gasteiger partial charge in [-0.3, -0.25) is 0 Å². The molecule has 5 heteroatoms. The molecule has 0 bridgehead atoms. The molecule has 0 N–H and O–H groups in total. The average Bonchev–Trinajstić information content (AvgIpc) is 2.55. The summed E-state index contributed by atoms with van der Waals surface area (Å²) >= 11 is 3.23. The van der Waals surface area contributed by atoms with Gasteiger partial charge in [-0.2, -0.15) is 0 Å². The van der Waals surface area contributed by atoms with Gasteiger partial charge in [0.05, 0.1) is 6.42 Å². The van der Waals surface area contributed by atoms with Gasteiger partial charge in [0, 0.05) is 0 Å². The van der Waals surface area contributed by atoms with Gasteiger partial charge in [0.2, 0.25) is 0 Å². The summed E-state index contributed by atoms with van der Waals surface area (Å²) in [5, 5.41) is 0. The lowest BCUT2D eigenvalue weighted by molar-refractivity contribution is -0.258. The van der Waals surface area contributed by atoms with Crippen LogP contribution in [-0.2, 0) is 19.4 Å². The monoisotopic (exact) mass is 392 g/mol. The normalized spacial score (nSPS) is 12.0.